The van der Waals surface area contributed by atoms with Crippen LogP contribution in [0.2, 0.25) is 0 Å². The molecular weight excluding hydrogens is 246 g/mol. The fourth-order valence-corrected chi connectivity index (χ4v) is 3.74. The fourth-order valence-electron chi connectivity index (χ4n) is 3.74. The van der Waals surface area contributed by atoms with Crippen LogP contribution in [0, 0.1) is 5.92 Å². The maximum absolute atomic E-state index is 4.12. The van der Waals surface area contributed by atoms with E-state index in [1.165, 1.54) is 44.2 Å². The van der Waals surface area contributed by atoms with Gasteiger partial charge in [-0.15, -0.1) is 0 Å². The number of rotatable bonds is 3. The summed E-state index contributed by atoms with van der Waals surface area (Å²) in [4.78, 5) is 6.76. The van der Waals surface area contributed by atoms with Gasteiger partial charge in [0.25, 0.3) is 0 Å². The highest BCUT2D eigenvalue weighted by Gasteiger charge is 2.30. The molecular formula is C17H27N3. The minimum atomic E-state index is 0.628. The zero-order chi connectivity index (χ0) is 13.8. The van der Waals surface area contributed by atoms with Crippen molar-refractivity contribution >= 4 is 0 Å². The monoisotopic (exact) mass is 273 g/mol. The number of pyridine rings is 1. The Morgan fingerprint density at radius 3 is 2.70 bits per heavy atom. The van der Waals surface area contributed by atoms with Gasteiger partial charge in [-0.05, 0) is 43.4 Å². The molecule has 1 aromatic rings. The molecule has 2 aliphatic rings. The van der Waals surface area contributed by atoms with Crippen molar-refractivity contribution in [3.05, 3.63) is 30.1 Å². The summed E-state index contributed by atoms with van der Waals surface area (Å²) >= 11 is 0. The zero-order valence-electron chi connectivity index (χ0n) is 12.6. The normalized spacial score (nSPS) is 29.4. The lowest BCUT2D eigenvalue weighted by molar-refractivity contribution is 0.0980. The molecule has 1 aromatic heterocycles. The third-order valence-corrected chi connectivity index (χ3v) is 5.08. The summed E-state index contributed by atoms with van der Waals surface area (Å²) in [6, 6.07) is 5.62. The molecule has 2 atom stereocenters. The lowest BCUT2D eigenvalue weighted by atomic mass is 9.82. The molecule has 3 nitrogen and oxygen atoms in total. The minimum absolute atomic E-state index is 0.628. The van der Waals surface area contributed by atoms with Gasteiger partial charge in [0.1, 0.15) is 0 Å². The summed E-state index contributed by atoms with van der Waals surface area (Å²) in [5.41, 5.74) is 1.39. The van der Waals surface area contributed by atoms with Gasteiger partial charge < -0.3 is 5.32 Å². The van der Waals surface area contributed by atoms with Crippen LogP contribution in [0.4, 0.5) is 0 Å². The third kappa shape index (κ3) is 3.39. The first-order chi connectivity index (χ1) is 9.83. The van der Waals surface area contributed by atoms with Gasteiger partial charge in [0, 0.05) is 44.1 Å². The second-order valence-electron chi connectivity index (χ2n) is 6.55. The van der Waals surface area contributed by atoms with Crippen molar-refractivity contribution in [2.45, 2.75) is 57.7 Å². The van der Waals surface area contributed by atoms with Crippen LogP contribution in [0.1, 0.15) is 44.6 Å². The van der Waals surface area contributed by atoms with Gasteiger partial charge in [-0.25, -0.2) is 0 Å². The van der Waals surface area contributed by atoms with Crippen molar-refractivity contribution in [1.82, 2.24) is 15.2 Å². The molecule has 1 saturated carbocycles. The summed E-state index contributed by atoms with van der Waals surface area (Å²) in [5, 5.41) is 3.80. The average molecular weight is 273 g/mol. The summed E-state index contributed by atoms with van der Waals surface area (Å²) in [6.07, 6.45) is 11.0. The quantitative estimate of drug-likeness (QED) is 0.918. The molecule has 3 heteroatoms. The van der Waals surface area contributed by atoms with Gasteiger partial charge in [-0.2, -0.15) is 0 Å². The van der Waals surface area contributed by atoms with Gasteiger partial charge in [0.05, 0.1) is 0 Å². The lowest BCUT2D eigenvalue weighted by Crippen LogP contribution is -2.57. The van der Waals surface area contributed by atoms with Crippen LogP contribution in [-0.2, 0) is 6.54 Å². The third-order valence-electron chi connectivity index (χ3n) is 5.08. The molecule has 3 rings (SSSR count). The maximum Gasteiger partial charge on any atom is 0.0271 e. The predicted molar refractivity (Wildman–Crippen MR) is 82.5 cm³/mol. The van der Waals surface area contributed by atoms with Crippen molar-refractivity contribution in [3.8, 4) is 0 Å². The number of hydrogen-bond acceptors (Lipinski definition) is 3. The van der Waals surface area contributed by atoms with Crippen LogP contribution in [0.15, 0.2) is 24.5 Å². The Bertz CT molecular complexity index is 400. The van der Waals surface area contributed by atoms with E-state index < -0.39 is 0 Å². The maximum atomic E-state index is 4.12. The SMILES string of the molecule is CC1CNC(C2CCCCC2)CN1Cc1ccncc1. The Labute approximate surface area is 122 Å². The van der Waals surface area contributed by atoms with Crippen LogP contribution in [0.3, 0.4) is 0 Å². The van der Waals surface area contributed by atoms with Crippen molar-refractivity contribution in [2.75, 3.05) is 13.1 Å². The van der Waals surface area contributed by atoms with Gasteiger partial charge in [0.15, 0.2) is 0 Å². The van der Waals surface area contributed by atoms with Crippen LogP contribution in [0.5, 0.6) is 0 Å². The number of aromatic nitrogens is 1. The highest BCUT2D eigenvalue weighted by atomic mass is 15.2. The molecule has 1 saturated heterocycles. The molecule has 0 aromatic carbocycles. The van der Waals surface area contributed by atoms with Gasteiger partial charge in [-0.3, -0.25) is 9.88 Å². The van der Waals surface area contributed by atoms with Gasteiger partial charge in [-0.1, -0.05) is 19.3 Å². The van der Waals surface area contributed by atoms with Crippen LogP contribution in [-0.4, -0.2) is 35.1 Å². The fraction of sp³-hybridized carbons (Fsp3) is 0.706. The van der Waals surface area contributed by atoms with E-state index >= 15 is 0 Å². The Balaban J connectivity index is 1.61. The Morgan fingerprint density at radius 1 is 1.20 bits per heavy atom. The summed E-state index contributed by atoms with van der Waals surface area (Å²) < 4.78 is 0. The smallest absolute Gasteiger partial charge is 0.0271 e. The number of hydrogen-bond donors (Lipinski definition) is 1. The average Bonchev–Trinajstić information content (AvgIpc) is 2.51. The molecule has 1 aliphatic carbocycles. The molecule has 20 heavy (non-hydrogen) atoms. The number of nitrogens with one attached hydrogen (secondary N) is 1. The van der Waals surface area contributed by atoms with Crippen LogP contribution < -0.4 is 5.32 Å². The lowest BCUT2D eigenvalue weighted by Gasteiger charge is -2.43. The molecule has 0 radical (unpaired) electrons. The summed E-state index contributed by atoms with van der Waals surface area (Å²) in [7, 11) is 0. The van der Waals surface area contributed by atoms with Gasteiger partial charge >= 0.3 is 0 Å². The van der Waals surface area contributed by atoms with Crippen LogP contribution >= 0.6 is 0 Å². The van der Waals surface area contributed by atoms with E-state index in [4.69, 9.17) is 0 Å². The molecule has 2 unspecified atom stereocenters. The zero-order valence-corrected chi connectivity index (χ0v) is 12.6. The molecule has 1 N–H and O–H groups in total. The standard InChI is InChI=1S/C17H27N3/c1-14-11-19-17(16-5-3-2-4-6-16)13-20(14)12-15-7-9-18-10-8-15/h7-10,14,16-17,19H,2-6,11-13H2,1H3. The first kappa shape index (κ1) is 14.0. The van der Waals surface area contributed by atoms with Crippen molar-refractivity contribution in [3.63, 3.8) is 0 Å². The second kappa shape index (κ2) is 6.68. The number of piperazine rings is 1. The van der Waals surface area contributed by atoms with E-state index in [-0.39, 0.29) is 0 Å². The van der Waals surface area contributed by atoms with Crippen molar-refractivity contribution < 1.29 is 0 Å². The van der Waals surface area contributed by atoms with Crippen LogP contribution in [0.25, 0.3) is 0 Å². The van der Waals surface area contributed by atoms with Crippen molar-refractivity contribution in [2.24, 2.45) is 5.92 Å². The first-order valence-corrected chi connectivity index (χ1v) is 8.19. The van der Waals surface area contributed by atoms with Gasteiger partial charge in [0.2, 0.25) is 0 Å². The minimum Gasteiger partial charge on any atom is -0.311 e. The van der Waals surface area contributed by atoms with E-state index in [1.54, 1.807) is 0 Å². The molecule has 2 heterocycles. The molecule has 0 spiro atoms. The Hall–Kier alpha value is -0.930. The van der Waals surface area contributed by atoms with E-state index in [2.05, 4.69) is 34.3 Å². The molecule has 110 valence electrons. The highest BCUT2D eigenvalue weighted by Crippen LogP contribution is 2.28. The molecule has 0 amide bonds. The van der Waals surface area contributed by atoms with E-state index in [0.717, 1.165) is 19.0 Å². The largest absolute Gasteiger partial charge is 0.311 e. The predicted octanol–water partition coefficient (Wildman–Crippen LogP) is 2.82. The highest BCUT2D eigenvalue weighted by molar-refractivity contribution is 5.10. The first-order valence-electron chi connectivity index (χ1n) is 8.19. The van der Waals surface area contributed by atoms with Crippen molar-refractivity contribution in [1.29, 1.82) is 0 Å². The van der Waals surface area contributed by atoms with E-state index in [9.17, 15) is 0 Å². The summed E-state index contributed by atoms with van der Waals surface area (Å²) in [5.74, 6) is 0.899. The molecule has 2 fully saturated rings. The van der Waals surface area contributed by atoms with E-state index in [0.29, 0.717) is 12.1 Å². The Kier molecular flexibility index (Phi) is 4.69. The molecule has 1 aliphatic heterocycles. The second-order valence-corrected chi connectivity index (χ2v) is 6.55. The Morgan fingerprint density at radius 2 is 1.95 bits per heavy atom. The van der Waals surface area contributed by atoms with E-state index in [1.807, 2.05) is 12.4 Å². The number of nitrogens with zero attached hydrogens (tertiary/aromatic N) is 2. The topological polar surface area (TPSA) is 28.2 Å². The summed E-state index contributed by atoms with van der Waals surface area (Å²) in [6.45, 7) is 5.74. The molecule has 0 bridgehead atoms.